The number of phenols is 1. The molecule has 0 radical (unpaired) electrons. The number of carbonyl (C=O) groups is 1. The fourth-order valence-electron chi connectivity index (χ4n) is 2.79. The Morgan fingerprint density at radius 3 is 3.00 bits per heavy atom. The molecule has 1 fully saturated rings. The highest BCUT2D eigenvalue weighted by molar-refractivity contribution is 5.98. The molecule has 1 aliphatic rings. The third kappa shape index (κ3) is 2.82. The molecule has 0 atom stereocenters. The predicted molar refractivity (Wildman–Crippen MR) is 92.8 cm³/mol. The molecule has 1 aromatic carbocycles. The highest BCUT2D eigenvalue weighted by Gasteiger charge is 2.27. The van der Waals surface area contributed by atoms with E-state index in [1.165, 1.54) is 4.90 Å². The molecule has 1 saturated heterocycles. The largest absolute Gasteiger partial charge is 0.508 e. The molecule has 3 heterocycles. The number of amides is 1. The average Bonchev–Trinajstić information content (AvgIpc) is 3.22. The van der Waals surface area contributed by atoms with E-state index < -0.39 is 6.09 Å². The number of nitrogens with zero attached hydrogens (tertiary/aromatic N) is 3. The van der Waals surface area contributed by atoms with Crippen molar-refractivity contribution in [2.75, 3.05) is 23.4 Å². The molecule has 1 aliphatic heterocycles. The Labute approximate surface area is 143 Å². The molecule has 0 unspecified atom stereocenters. The smallest absolute Gasteiger partial charge is 0.415 e. The molecule has 8 heteroatoms. The zero-order valence-electron chi connectivity index (χ0n) is 13.6. The first kappa shape index (κ1) is 15.3. The number of rotatable bonds is 4. The maximum absolute atomic E-state index is 11.9. The van der Waals surface area contributed by atoms with Gasteiger partial charge in [0.15, 0.2) is 5.82 Å². The molecule has 4 rings (SSSR count). The third-order valence-electron chi connectivity index (χ3n) is 4.09. The summed E-state index contributed by atoms with van der Waals surface area (Å²) in [6.07, 6.45) is 1.34. The van der Waals surface area contributed by atoms with Crippen molar-refractivity contribution in [2.24, 2.45) is 0 Å². The van der Waals surface area contributed by atoms with E-state index in [0.717, 1.165) is 16.5 Å². The van der Waals surface area contributed by atoms with Crippen LogP contribution in [0.3, 0.4) is 0 Å². The SMILES string of the molecule is Cc1ccc(CNc2nc(N3CCOC3=O)c3cc[nH]c3n2)c(O)c1. The lowest BCUT2D eigenvalue weighted by atomic mass is 10.1. The van der Waals surface area contributed by atoms with Crippen LogP contribution in [0.5, 0.6) is 5.75 Å². The lowest BCUT2D eigenvalue weighted by Gasteiger charge is -2.14. The number of fused-ring (bicyclic) bond motifs is 1. The lowest BCUT2D eigenvalue weighted by molar-refractivity contribution is 0.181. The van der Waals surface area contributed by atoms with Crippen LogP contribution in [0.2, 0.25) is 0 Å². The monoisotopic (exact) mass is 339 g/mol. The van der Waals surface area contributed by atoms with E-state index in [0.29, 0.717) is 37.1 Å². The van der Waals surface area contributed by atoms with E-state index in [4.69, 9.17) is 4.74 Å². The molecular formula is C17H17N5O3. The van der Waals surface area contributed by atoms with Crippen molar-refractivity contribution in [1.29, 1.82) is 0 Å². The zero-order valence-corrected chi connectivity index (χ0v) is 13.6. The number of benzene rings is 1. The Balaban J connectivity index is 1.64. The van der Waals surface area contributed by atoms with Crippen molar-refractivity contribution >= 4 is 28.9 Å². The van der Waals surface area contributed by atoms with Gasteiger partial charge in [0.2, 0.25) is 5.95 Å². The van der Waals surface area contributed by atoms with Crippen LogP contribution in [0.25, 0.3) is 11.0 Å². The van der Waals surface area contributed by atoms with Crippen molar-refractivity contribution in [3.8, 4) is 5.75 Å². The van der Waals surface area contributed by atoms with Crippen molar-refractivity contribution in [1.82, 2.24) is 15.0 Å². The molecule has 0 bridgehead atoms. The van der Waals surface area contributed by atoms with Crippen molar-refractivity contribution in [3.05, 3.63) is 41.6 Å². The molecule has 3 N–H and O–H groups in total. The van der Waals surface area contributed by atoms with Gasteiger partial charge in [0.25, 0.3) is 0 Å². The van der Waals surface area contributed by atoms with Gasteiger partial charge in [-0.1, -0.05) is 12.1 Å². The van der Waals surface area contributed by atoms with Gasteiger partial charge in [0.1, 0.15) is 18.0 Å². The number of phenolic OH excluding ortho intramolecular Hbond substituents is 1. The first-order chi connectivity index (χ1) is 12.1. The van der Waals surface area contributed by atoms with Crippen LogP contribution in [0.4, 0.5) is 16.6 Å². The Hall–Kier alpha value is -3.29. The summed E-state index contributed by atoms with van der Waals surface area (Å²) in [5.41, 5.74) is 2.35. The van der Waals surface area contributed by atoms with Crippen LogP contribution in [-0.4, -0.2) is 39.3 Å². The van der Waals surface area contributed by atoms with E-state index in [2.05, 4.69) is 20.3 Å². The molecule has 3 aromatic rings. The van der Waals surface area contributed by atoms with Crippen LogP contribution in [0.15, 0.2) is 30.5 Å². The number of anilines is 2. The molecule has 128 valence electrons. The summed E-state index contributed by atoms with van der Waals surface area (Å²) in [7, 11) is 0. The second-order valence-corrected chi connectivity index (χ2v) is 5.86. The second-order valence-electron chi connectivity index (χ2n) is 5.86. The first-order valence-electron chi connectivity index (χ1n) is 7.93. The van der Waals surface area contributed by atoms with Crippen LogP contribution >= 0.6 is 0 Å². The standard InChI is InChI=1S/C17H17N5O3/c1-10-2-3-11(13(23)8-10)9-19-16-20-14-12(4-5-18-14)15(21-16)22-6-7-25-17(22)24/h2-5,8,23H,6-7,9H2,1H3,(H2,18,19,20,21). The highest BCUT2D eigenvalue weighted by atomic mass is 16.6. The number of H-pyrrole nitrogens is 1. The number of aromatic hydroxyl groups is 1. The lowest BCUT2D eigenvalue weighted by Crippen LogP contribution is -2.25. The summed E-state index contributed by atoms with van der Waals surface area (Å²) in [4.78, 5) is 25.3. The Bertz CT molecular complexity index is 953. The van der Waals surface area contributed by atoms with Gasteiger partial charge in [-0.25, -0.2) is 4.79 Å². The summed E-state index contributed by atoms with van der Waals surface area (Å²) in [6.45, 7) is 3.08. The minimum Gasteiger partial charge on any atom is -0.508 e. The third-order valence-corrected chi connectivity index (χ3v) is 4.09. The van der Waals surface area contributed by atoms with Crippen LogP contribution < -0.4 is 10.2 Å². The Kier molecular flexibility index (Phi) is 3.64. The molecule has 0 saturated carbocycles. The van der Waals surface area contributed by atoms with Crippen LogP contribution in [0.1, 0.15) is 11.1 Å². The quantitative estimate of drug-likeness (QED) is 0.675. The Morgan fingerprint density at radius 1 is 1.36 bits per heavy atom. The van der Waals surface area contributed by atoms with E-state index in [-0.39, 0.29) is 5.75 Å². The average molecular weight is 339 g/mol. The maximum Gasteiger partial charge on any atom is 0.415 e. The summed E-state index contributed by atoms with van der Waals surface area (Å²) in [6, 6.07) is 7.31. The van der Waals surface area contributed by atoms with Crippen LogP contribution in [-0.2, 0) is 11.3 Å². The fraction of sp³-hybridized carbons (Fsp3) is 0.235. The predicted octanol–water partition coefficient (Wildman–Crippen LogP) is 2.54. The molecule has 8 nitrogen and oxygen atoms in total. The van der Waals surface area contributed by atoms with Gasteiger partial charge in [-0.2, -0.15) is 9.97 Å². The number of nitrogens with one attached hydrogen (secondary N) is 2. The van der Waals surface area contributed by atoms with Gasteiger partial charge >= 0.3 is 6.09 Å². The van der Waals surface area contributed by atoms with Crippen molar-refractivity contribution in [2.45, 2.75) is 13.5 Å². The fourth-order valence-corrected chi connectivity index (χ4v) is 2.79. The number of carbonyl (C=O) groups excluding carboxylic acids is 1. The summed E-state index contributed by atoms with van der Waals surface area (Å²) in [5, 5.41) is 13.9. The minimum atomic E-state index is -0.414. The zero-order chi connectivity index (χ0) is 17.4. The normalized spacial score (nSPS) is 14.1. The van der Waals surface area contributed by atoms with Crippen LogP contribution in [0, 0.1) is 6.92 Å². The van der Waals surface area contributed by atoms with Gasteiger partial charge < -0.3 is 20.1 Å². The van der Waals surface area contributed by atoms with Gasteiger partial charge in [0.05, 0.1) is 11.9 Å². The van der Waals surface area contributed by atoms with Gasteiger partial charge in [-0.15, -0.1) is 0 Å². The molecule has 2 aromatic heterocycles. The summed E-state index contributed by atoms with van der Waals surface area (Å²) < 4.78 is 5.00. The van der Waals surface area contributed by atoms with Gasteiger partial charge in [-0.3, -0.25) is 4.90 Å². The van der Waals surface area contributed by atoms with E-state index >= 15 is 0 Å². The number of aryl methyl sites for hydroxylation is 1. The van der Waals surface area contributed by atoms with E-state index in [9.17, 15) is 9.90 Å². The number of aromatic amines is 1. The number of hydrogen-bond acceptors (Lipinski definition) is 6. The van der Waals surface area contributed by atoms with E-state index in [1.807, 2.05) is 25.1 Å². The molecule has 0 spiro atoms. The molecule has 0 aliphatic carbocycles. The Morgan fingerprint density at radius 2 is 2.24 bits per heavy atom. The van der Waals surface area contributed by atoms with Gasteiger partial charge in [0, 0.05) is 18.3 Å². The van der Waals surface area contributed by atoms with E-state index in [1.54, 1.807) is 12.3 Å². The minimum absolute atomic E-state index is 0.219. The molecular weight excluding hydrogens is 322 g/mol. The highest BCUT2D eigenvalue weighted by Crippen LogP contribution is 2.27. The van der Waals surface area contributed by atoms with Crippen molar-refractivity contribution < 1.29 is 14.6 Å². The number of aromatic nitrogens is 3. The van der Waals surface area contributed by atoms with Crippen molar-refractivity contribution in [3.63, 3.8) is 0 Å². The molecule has 1 amide bonds. The summed E-state index contributed by atoms with van der Waals surface area (Å²) in [5.74, 6) is 1.09. The first-order valence-corrected chi connectivity index (χ1v) is 7.93. The molecule has 25 heavy (non-hydrogen) atoms. The summed E-state index contributed by atoms with van der Waals surface area (Å²) >= 11 is 0. The number of ether oxygens (including phenoxy) is 1. The van der Waals surface area contributed by atoms with Gasteiger partial charge in [-0.05, 0) is 24.6 Å². The number of cyclic esters (lactones) is 1. The maximum atomic E-state index is 11.9. The second kappa shape index (κ2) is 5.97. The number of hydrogen-bond donors (Lipinski definition) is 3. The topological polar surface area (TPSA) is 103 Å².